The lowest BCUT2D eigenvalue weighted by Gasteiger charge is -2.27. The zero-order chi connectivity index (χ0) is 24.1. The zero-order valence-corrected chi connectivity index (χ0v) is 17.6. The van der Waals surface area contributed by atoms with Gasteiger partial charge >= 0.3 is 5.97 Å². The smallest absolute Gasteiger partial charge is 0.337 e. The molecule has 2 atom stereocenters. The van der Waals surface area contributed by atoms with Crippen LogP contribution in [0.25, 0.3) is 27.9 Å². The van der Waals surface area contributed by atoms with Crippen molar-refractivity contribution < 1.29 is 27.5 Å². The van der Waals surface area contributed by atoms with Gasteiger partial charge < -0.3 is 5.11 Å². The number of carbonyl (C=O) groups is 1. The number of rotatable bonds is 4. The Morgan fingerprint density at radius 3 is 2.74 bits per heavy atom. The molecule has 0 fully saturated rings. The third kappa shape index (κ3) is 3.42. The molecule has 0 radical (unpaired) electrons. The summed E-state index contributed by atoms with van der Waals surface area (Å²) < 4.78 is 57.2. The lowest BCUT2D eigenvalue weighted by molar-refractivity contribution is 0.0699. The van der Waals surface area contributed by atoms with Crippen LogP contribution in [-0.4, -0.2) is 44.0 Å². The fourth-order valence-electron chi connectivity index (χ4n) is 4.27. The quantitative estimate of drug-likeness (QED) is 0.515. The number of dihydropyridines is 1. The molecule has 0 saturated heterocycles. The number of hydrogen-bond acceptors (Lipinski definition) is 4. The van der Waals surface area contributed by atoms with Gasteiger partial charge in [-0.3, -0.25) is 14.5 Å². The monoisotopic (exact) mass is 468 g/mol. The van der Waals surface area contributed by atoms with E-state index in [2.05, 4.69) is 15.0 Å². The second kappa shape index (κ2) is 8.05. The first-order valence-electron chi connectivity index (χ1n) is 10.2. The third-order valence-corrected chi connectivity index (χ3v) is 5.77. The van der Waals surface area contributed by atoms with Gasteiger partial charge in [0.05, 0.1) is 16.8 Å². The Balaban J connectivity index is 1.78. The molecule has 1 N–H and O–H groups in total. The van der Waals surface area contributed by atoms with Crippen molar-refractivity contribution in [1.29, 1.82) is 0 Å². The molecule has 1 aromatic carbocycles. The summed E-state index contributed by atoms with van der Waals surface area (Å²) in [7, 11) is 0. The Bertz CT molecular complexity index is 1470. The van der Waals surface area contributed by atoms with Crippen LogP contribution in [0.1, 0.15) is 28.3 Å². The van der Waals surface area contributed by atoms with E-state index in [9.17, 15) is 27.5 Å². The number of nitrogens with zero attached hydrogens (tertiary/aromatic N) is 4. The molecule has 0 saturated carbocycles. The highest BCUT2D eigenvalue weighted by Gasteiger charge is 2.34. The van der Waals surface area contributed by atoms with Crippen LogP contribution in [0, 0.1) is 6.92 Å². The molecule has 1 aliphatic heterocycles. The first-order valence-corrected chi connectivity index (χ1v) is 10.2. The number of aromatic nitrogens is 3. The van der Waals surface area contributed by atoms with E-state index < -0.39 is 36.1 Å². The molecule has 6 nitrogen and oxygen atoms in total. The van der Waals surface area contributed by atoms with Crippen LogP contribution in [0.2, 0.25) is 0 Å². The molecule has 1 aliphatic carbocycles. The van der Waals surface area contributed by atoms with E-state index in [1.54, 1.807) is 13.0 Å². The van der Waals surface area contributed by atoms with Crippen molar-refractivity contribution in [3.05, 3.63) is 77.2 Å². The number of carboxylic acids is 1. The van der Waals surface area contributed by atoms with Gasteiger partial charge in [0.15, 0.2) is 0 Å². The van der Waals surface area contributed by atoms with Crippen molar-refractivity contribution in [2.24, 2.45) is 4.99 Å². The number of halogens is 4. The van der Waals surface area contributed by atoms with Crippen molar-refractivity contribution >= 4 is 28.9 Å². The van der Waals surface area contributed by atoms with Gasteiger partial charge in [-0.15, -0.1) is 0 Å². The lowest BCUT2D eigenvalue weighted by atomic mass is 9.92. The van der Waals surface area contributed by atoms with Gasteiger partial charge in [-0.1, -0.05) is 0 Å². The maximum absolute atomic E-state index is 14.8. The topological polar surface area (TPSA) is 80.4 Å². The summed E-state index contributed by atoms with van der Waals surface area (Å²) in [4.78, 5) is 24.1. The number of alkyl halides is 3. The number of aryl methyl sites for hydroxylation is 1. The van der Waals surface area contributed by atoms with Crippen molar-refractivity contribution in [3.63, 3.8) is 0 Å². The minimum atomic E-state index is -2.80. The Kier molecular flexibility index (Phi) is 5.15. The molecular weight excluding hydrogens is 452 g/mol. The Labute approximate surface area is 190 Å². The normalized spacial score (nSPS) is 19.6. The number of hydrogen-bond donors (Lipinski definition) is 1. The number of allylic oxidation sites excluding steroid dienone is 3. The average molecular weight is 468 g/mol. The molecular formula is C24H16F4N4O2. The van der Waals surface area contributed by atoms with Crippen LogP contribution in [0.4, 0.5) is 17.6 Å². The number of benzene rings is 1. The summed E-state index contributed by atoms with van der Waals surface area (Å²) in [6, 6.07) is 4.49. The average Bonchev–Trinajstić information content (AvgIpc) is 3.15. The van der Waals surface area contributed by atoms with E-state index in [1.165, 1.54) is 41.3 Å². The Morgan fingerprint density at radius 1 is 1.21 bits per heavy atom. The van der Waals surface area contributed by atoms with E-state index in [1.807, 2.05) is 0 Å². The summed E-state index contributed by atoms with van der Waals surface area (Å²) in [6.07, 6.45) is 1.88. The fourth-order valence-corrected chi connectivity index (χ4v) is 4.27. The molecule has 2 unspecified atom stereocenters. The second-order valence-electron chi connectivity index (χ2n) is 7.82. The van der Waals surface area contributed by atoms with Crippen LogP contribution in [0.5, 0.6) is 0 Å². The van der Waals surface area contributed by atoms with Crippen molar-refractivity contribution in [1.82, 2.24) is 14.5 Å². The van der Waals surface area contributed by atoms with Crippen LogP contribution in [0.15, 0.2) is 65.1 Å². The van der Waals surface area contributed by atoms with Gasteiger partial charge in [0.1, 0.15) is 35.1 Å². The molecule has 2 aromatic heterocycles. The van der Waals surface area contributed by atoms with Crippen LogP contribution in [-0.2, 0) is 0 Å². The molecule has 0 amide bonds. The number of fused-ring (bicyclic) bond motifs is 2. The lowest BCUT2D eigenvalue weighted by Crippen LogP contribution is -2.28. The molecule has 172 valence electrons. The highest BCUT2D eigenvalue weighted by atomic mass is 19.3. The van der Waals surface area contributed by atoms with E-state index in [0.717, 1.165) is 12.2 Å². The molecule has 3 heterocycles. The molecule has 2 aliphatic rings. The van der Waals surface area contributed by atoms with Gasteiger partial charge in [0.2, 0.25) is 0 Å². The molecule has 10 heteroatoms. The van der Waals surface area contributed by atoms with Gasteiger partial charge in [-0.25, -0.2) is 27.3 Å². The number of imidazole rings is 1. The SMILES string of the molecule is Cc1nc2c(C(=O)O)cc(-c3ccnc(C(F)F)c3)cc2n1C1=CC=NC2C1=C(F)C=CC2F. The molecule has 5 rings (SSSR count). The van der Waals surface area contributed by atoms with Crippen LogP contribution >= 0.6 is 0 Å². The van der Waals surface area contributed by atoms with Crippen molar-refractivity contribution in [2.45, 2.75) is 25.6 Å². The summed E-state index contributed by atoms with van der Waals surface area (Å²) >= 11 is 0. The van der Waals surface area contributed by atoms with Crippen molar-refractivity contribution in [2.75, 3.05) is 0 Å². The number of aromatic carboxylic acids is 1. The summed E-state index contributed by atoms with van der Waals surface area (Å²) in [5, 5.41) is 9.83. The highest BCUT2D eigenvalue weighted by Crippen LogP contribution is 2.38. The Hall–Kier alpha value is -4.08. The summed E-state index contributed by atoms with van der Waals surface area (Å²) in [6.45, 7) is 1.61. The molecule has 0 bridgehead atoms. The molecule has 34 heavy (non-hydrogen) atoms. The van der Waals surface area contributed by atoms with Gasteiger partial charge in [0, 0.05) is 18.0 Å². The second-order valence-corrected chi connectivity index (χ2v) is 7.82. The minimum absolute atomic E-state index is 0.0195. The first-order chi connectivity index (χ1) is 16.3. The van der Waals surface area contributed by atoms with E-state index in [-0.39, 0.29) is 22.4 Å². The maximum Gasteiger partial charge on any atom is 0.337 e. The summed E-state index contributed by atoms with van der Waals surface area (Å²) in [5.74, 6) is -1.59. The number of pyridine rings is 1. The summed E-state index contributed by atoms with van der Waals surface area (Å²) in [5.41, 5.74) is 0.753. The van der Waals surface area contributed by atoms with E-state index >= 15 is 0 Å². The maximum atomic E-state index is 14.8. The third-order valence-electron chi connectivity index (χ3n) is 5.77. The zero-order valence-electron chi connectivity index (χ0n) is 17.6. The van der Waals surface area contributed by atoms with Crippen molar-refractivity contribution in [3.8, 4) is 11.1 Å². The predicted molar refractivity (Wildman–Crippen MR) is 118 cm³/mol. The molecule has 0 spiro atoms. The van der Waals surface area contributed by atoms with Crippen LogP contribution < -0.4 is 0 Å². The first kappa shape index (κ1) is 21.7. The fraction of sp³-hybridized carbons (Fsp3) is 0.167. The predicted octanol–water partition coefficient (Wildman–Crippen LogP) is 5.47. The molecule has 3 aromatic rings. The number of aliphatic imine (C=N–C) groups is 1. The van der Waals surface area contributed by atoms with Crippen LogP contribution in [0.3, 0.4) is 0 Å². The number of carboxylic acid groups (broad SMARTS) is 1. The van der Waals surface area contributed by atoms with Gasteiger partial charge in [0.25, 0.3) is 6.43 Å². The Morgan fingerprint density at radius 2 is 2.00 bits per heavy atom. The van der Waals surface area contributed by atoms with Gasteiger partial charge in [-0.2, -0.15) is 0 Å². The highest BCUT2D eigenvalue weighted by molar-refractivity contribution is 6.05. The largest absolute Gasteiger partial charge is 0.478 e. The van der Waals surface area contributed by atoms with E-state index in [0.29, 0.717) is 22.5 Å². The van der Waals surface area contributed by atoms with E-state index in [4.69, 9.17) is 0 Å². The standard InChI is InChI=1S/C24H16F4N4O2/c1-11-31-21-14(24(33)34)8-13(12-4-6-29-17(9-12)23(27)28)10-19(21)32(11)18-5-7-30-22-16(26)3-2-15(25)20(18)22/h2-10,16,22-23H,1H3,(H,33,34). The minimum Gasteiger partial charge on any atom is -0.478 e. The van der Waals surface area contributed by atoms with Gasteiger partial charge in [-0.05, 0) is 60.5 Å².